The average Bonchev–Trinajstić information content (AvgIpc) is 3.06. The molecule has 47 heavy (non-hydrogen) atoms. The van der Waals surface area contributed by atoms with Crippen LogP contribution in [0, 0.1) is 0 Å². The molecule has 0 aliphatic heterocycles. The molecule has 0 aliphatic carbocycles. The number of rotatable bonds is 37. The molecule has 0 fully saturated rings. The van der Waals surface area contributed by atoms with Gasteiger partial charge in [0, 0.05) is 6.42 Å². The number of carbonyl (C=O) groups excluding carboxylic acids is 2. The first-order valence-electron chi connectivity index (χ1n) is 20.8. The van der Waals surface area contributed by atoms with E-state index in [1.807, 2.05) is 0 Å². The standard InChI is InChI=1S/C41H81NO5/c1-4-7-10-13-16-19-20-22-24-27-30-33-39(44)38(36-43)42-40(45)35-37(32-29-26-23-18-15-12-9-6-3)47-41(46)34-31-28-25-21-17-14-11-8-5-2/h37-39,43-44H,4-36H2,1-3H3,(H,42,45). The van der Waals surface area contributed by atoms with Gasteiger partial charge in [0.25, 0.3) is 0 Å². The molecule has 0 aliphatic rings. The molecule has 0 heterocycles. The number of hydrogen-bond acceptors (Lipinski definition) is 5. The van der Waals surface area contributed by atoms with Crippen LogP contribution in [0.15, 0.2) is 0 Å². The molecule has 6 heteroatoms. The van der Waals surface area contributed by atoms with Gasteiger partial charge < -0.3 is 20.3 Å². The Hall–Kier alpha value is -1.14. The van der Waals surface area contributed by atoms with E-state index >= 15 is 0 Å². The van der Waals surface area contributed by atoms with Crippen molar-refractivity contribution in [3.05, 3.63) is 0 Å². The number of unbranched alkanes of at least 4 members (excludes halogenated alkanes) is 25. The van der Waals surface area contributed by atoms with Crippen molar-refractivity contribution in [3.8, 4) is 0 Å². The van der Waals surface area contributed by atoms with Gasteiger partial charge in [-0.1, -0.05) is 188 Å². The first-order valence-corrected chi connectivity index (χ1v) is 20.8. The quantitative estimate of drug-likeness (QED) is 0.0452. The summed E-state index contributed by atoms with van der Waals surface area (Å²) in [6.45, 7) is 6.42. The summed E-state index contributed by atoms with van der Waals surface area (Å²) in [6, 6.07) is -0.688. The Morgan fingerprint density at radius 1 is 0.532 bits per heavy atom. The highest BCUT2D eigenvalue weighted by Gasteiger charge is 2.24. The number of ether oxygens (including phenoxy) is 1. The van der Waals surface area contributed by atoms with Gasteiger partial charge in [-0.25, -0.2) is 0 Å². The minimum atomic E-state index is -0.775. The molecule has 0 saturated carbocycles. The molecular weight excluding hydrogens is 586 g/mol. The van der Waals surface area contributed by atoms with Gasteiger partial charge in [0.05, 0.1) is 25.2 Å². The number of esters is 1. The molecule has 6 nitrogen and oxygen atoms in total. The van der Waals surface area contributed by atoms with Crippen LogP contribution >= 0.6 is 0 Å². The Morgan fingerprint density at radius 3 is 1.30 bits per heavy atom. The molecule has 3 N–H and O–H groups in total. The van der Waals surface area contributed by atoms with Crippen LogP contribution in [-0.4, -0.2) is 46.9 Å². The minimum Gasteiger partial charge on any atom is -0.462 e. The lowest BCUT2D eigenvalue weighted by atomic mass is 10.0. The Labute approximate surface area is 292 Å². The van der Waals surface area contributed by atoms with Crippen LogP contribution in [0.25, 0.3) is 0 Å². The van der Waals surface area contributed by atoms with Crippen molar-refractivity contribution in [1.82, 2.24) is 5.32 Å². The number of hydrogen-bond donors (Lipinski definition) is 3. The molecule has 1 amide bonds. The molecule has 0 rings (SSSR count). The number of carbonyl (C=O) groups is 2. The lowest BCUT2D eigenvalue weighted by Gasteiger charge is -2.24. The highest BCUT2D eigenvalue weighted by Crippen LogP contribution is 2.17. The molecule has 0 radical (unpaired) electrons. The zero-order valence-corrected chi connectivity index (χ0v) is 31.7. The summed E-state index contributed by atoms with van der Waals surface area (Å²) >= 11 is 0. The van der Waals surface area contributed by atoms with E-state index in [1.54, 1.807) is 0 Å². The Bertz CT molecular complexity index is 672. The molecular formula is C41H81NO5. The van der Waals surface area contributed by atoms with Crippen LogP contribution in [0.5, 0.6) is 0 Å². The average molecular weight is 668 g/mol. The maximum absolute atomic E-state index is 13.0. The second kappa shape index (κ2) is 36.1. The van der Waals surface area contributed by atoms with Gasteiger partial charge >= 0.3 is 5.97 Å². The summed E-state index contributed by atoms with van der Waals surface area (Å²) in [5, 5.41) is 23.5. The van der Waals surface area contributed by atoms with Crippen LogP contribution in [0.4, 0.5) is 0 Å². The summed E-state index contributed by atoms with van der Waals surface area (Å²) in [4.78, 5) is 25.7. The Kier molecular flexibility index (Phi) is 35.3. The van der Waals surface area contributed by atoms with Crippen LogP contribution in [0.2, 0.25) is 0 Å². The third-order valence-electron chi connectivity index (χ3n) is 9.69. The molecule has 0 saturated heterocycles. The Morgan fingerprint density at radius 2 is 0.894 bits per heavy atom. The van der Waals surface area contributed by atoms with E-state index in [9.17, 15) is 19.8 Å². The van der Waals surface area contributed by atoms with E-state index in [4.69, 9.17) is 4.74 Å². The lowest BCUT2D eigenvalue weighted by Crippen LogP contribution is -2.46. The highest BCUT2D eigenvalue weighted by atomic mass is 16.5. The van der Waals surface area contributed by atoms with Gasteiger partial charge in [-0.3, -0.25) is 9.59 Å². The topological polar surface area (TPSA) is 95.9 Å². The van der Waals surface area contributed by atoms with E-state index in [0.29, 0.717) is 19.3 Å². The molecule has 0 aromatic rings. The van der Waals surface area contributed by atoms with Crippen molar-refractivity contribution in [2.24, 2.45) is 0 Å². The lowest BCUT2D eigenvalue weighted by molar-refractivity contribution is -0.151. The maximum atomic E-state index is 13.0. The number of nitrogens with one attached hydrogen (secondary N) is 1. The van der Waals surface area contributed by atoms with E-state index in [2.05, 4.69) is 26.1 Å². The van der Waals surface area contributed by atoms with Crippen LogP contribution in [0.3, 0.4) is 0 Å². The number of amides is 1. The molecule has 3 atom stereocenters. The fourth-order valence-electron chi connectivity index (χ4n) is 6.49. The van der Waals surface area contributed by atoms with Crippen molar-refractivity contribution < 1.29 is 24.5 Å². The fourth-order valence-corrected chi connectivity index (χ4v) is 6.49. The van der Waals surface area contributed by atoms with Gasteiger partial charge in [0.2, 0.25) is 5.91 Å². The van der Waals surface area contributed by atoms with Crippen LogP contribution in [0.1, 0.15) is 226 Å². The molecule has 0 spiro atoms. The first kappa shape index (κ1) is 45.9. The number of aliphatic hydroxyl groups is 2. The molecule has 0 bridgehead atoms. The smallest absolute Gasteiger partial charge is 0.306 e. The fraction of sp³-hybridized carbons (Fsp3) is 0.951. The van der Waals surface area contributed by atoms with Crippen molar-refractivity contribution in [3.63, 3.8) is 0 Å². The van der Waals surface area contributed by atoms with Crippen LogP contribution < -0.4 is 5.32 Å². The van der Waals surface area contributed by atoms with Gasteiger partial charge in [-0.05, 0) is 25.7 Å². The van der Waals surface area contributed by atoms with E-state index < -0.39 is 18.2 Å². The zero-order chi connectivity index (χ0) is 34.6. The zero-order valence-electron chi connectivity index (χ0n) is 31.7. The molecule has 0 aromatic carbocycles. The van der Waals surface area contributed by atoms with Crippen molar-refractivity contribution in [2.75, 3.05) is 6.61 Å². The summed E-state index contributed by atoms with van der Waals surface area (Å²) in [5.41, 5.74) is 0. The third-order valence-corrected chi connectivity index (χ3v) is 9.69. The monoisotopic (exact) mass is 668 g/mol. The summed E-state index contributed by atoms with van der Waals surface area (Å²) in [7, 11) is 0. The van der Waals surface area contributed by atoms with Crippen molar-refractivity contribution in [1.29, 1.82) is 0 Å². The van der Waals surface area contributed by atoms with Crippen molar-refractivity contribution in [2.45, 2.75) is 244 Å². The first-order chi connectivity index (χ1) is 23.0. The third kappa shape index (κ3) is 31.9. The van der Waals surface area contributed by atoms with Gasteiger partial charge in [0.1, 0.15) is 6.10 Å². The van der Waals surface area contributed by atoms with Crippen LogP contribution in [-0.2, 0) is 14.3 Å². The maximum Gasteiger partial charge on any atom is 0.306 e. The second-order valence-corrected chi connectivity index (χ2v) is 14.4. The number of aliphatic hydroxyl groups excluding tert-OH is 2. The summed E-state index contributed by atoms with van der Waals surface area (Å²) in [5.74, 6) is -0.469. The van der Waals surface area contributed by atoms with Gasteiger partial charge in [-0.2, -0.15) is 0 Å². The summed E-state index contributed by atoms with van der Waals surface area (Å²) in [6.07, 6.45) is 34.5. The molecule has 280 valence electrons. The second-order valence-electron chi connectivity index (χ2n) is 14.4. The highest BCUT2D eigenvalue weighted by molar-refractivity contribution is 5.77. The summed E-state index contributed by atoms with van der Waals surface area (Å²) < 4.78 is 5.85. The predicted octanol–water partition coefficient (Wildman–Crippen LogP) is 11.3. The minimum absolute atomic E-state index is 0.0850. The Balaban J connectivity index is 4.50. The van der Waals surface area contributed by atoms with E-state index in [1.165, 1.54) is 135 Å². The van der Waals surface area contributed by atoms with E-state index in [-0.39, 0.29) is 24.9 Å². The SMILES string of the molecule is CCCCCCCCCCCCCC(O)C(CO)NC(=O)CC(CCCCCCCCCC)OC(=O)CCCCCCCCCCC. The normalized spacial score (nSPS) is 13.4. The molecule has 3 unspecified atom stereocenters. The van der Waals surface area contributed by atoms with Gasteiger partial charge in [0.15, 0.2) is 0 Å². The van der Waals surface area contributed by atoms with Gasteiger partial charge in [-0.15, -0.1) is 0 Å². The molecule has 0 aromatic heterocycles. The van der Waals surface area contributed by atoms with E-state index in [0.717, 1.165) is 44.9 Å². The largest absolute Gasteiger partial charge is 0.462 e. The van der Waals surface area contributed by atoms with Crippen molar-refractivity contribution >= 4 is 11.9 Å². The predicted molar refractivity (Wildman–Crippen MR) is 200 cm³/mol.